The number of aliphatic hydroxyl groups is 2. The number of fused-ring (bicyclic) bond motifs is 8. The van der Waals surface area contributed by atoms with Crippen LogP contribution in [0.3, 0.4) is 0 Å². The van der Waals surface area contributed by atoms with Gasteiger partial charge in [0.25, 0.3) is 0 Å². The second kappa shape index (κ2) is 8.50. The Hall–Kier alpha value is -5.00. The molecule has 3 aliphatic rings. The van der Waals surface area contributed by atoms with Crippen LogP contribution in [0.25, 0.3) is 0 Å². The Morgan fingerprint density at radius 3 is 2.07 bits per heavy atom. The molecule has 0 spiro atoms. The Kier molecular flexibility index (Phi) is 5.18. The Labute approximate surface area is 231 Å². The van der Waals surface area contributed by atoms with Gasteiger partial charge in [0.2, 0.25) is 0 Å². The standard InChI is InChI=1S/C30H24O11/c31-14-4-2-13(3-5-14)30-29(38)26(24-20(36)8-15(32)9-22(24)40-30)25-23(41-30)11-18(34)16-10-21(37)27(39-28(16)25)12-1-6-17(33)19(35)7-12/h1-9,11,21,26-27,29,31-38H,10H2/t21-,26+,27-,29-,30-/m1/s1. The first kappa shape index (κ1) is 25.0. The van der Waals surface area contributed by atoms with E-state index in [0.717, 1.165) is 6.07 Å². The number of hydrogen-bond acceptors (Lipinski definition) is 11. The second-order valence-electron chi connectivity index (χ2n) is 10.4. The zero-order valence-corrected chi connectivity index (χ0v) is 21.1. The molecule has 5 atom stereocenters. The highest BCUT2D eigenvalue weighted by Gasteiger charge is 2.60. The van der Waals surface area contributed by atoms with Crippen molar-refractivity contribution in [2.75, 3.05) is 0 Å². The lowest BCUT2D eigenvalue weighted by atomic mass is 9.74. The van der Waals surface area contributed by atoms with Crippen molar-refractivity contribution in [2.24, 2.45) is 0 Å². The molecule has 2 bridgehead atoms. The number of phenolic OH excluding ortho intramolecular Hbond substituents is 6. The summed E-state index contributed by atoms with van der Waals surface area (Å²) in [6.45, 7) is 0. The molecule has 4 aromatic rings. The van der Waals surface area contributed by atoms with Crippen LogP contribution in [-0.4, -0.2) is 53.1 Å². The minimum absolute atomic E-state index is 0.0224. The van der Waals surface area contributed by atoms with Gasteiger partial charge in [-0.05, 0) is 42.0 Å². The highest BCUT2D eigenvalue weighted by atomic mass is 16.7. The minimum atomic E-state index is -1.92. The Morgan fingerprint density at radius 2 is 1.37 bits per heavy atom. The van der Waals surface area contributed by atoms with E-state index in [1.807, 2.05) is 0 Å². The monoisotopic (exact) mass is 560 g/mol. The normalized spacial score (nSPS) is 25.5. The molecule has 0 aromatic heterocycles. The lowest BCUT2D eigenvalue weighted by Gasteiger charge is -2.50. The molecule has 41 heavy (non-hydrogen) atoms. The molecule has 3 heterocycles. The van der Waals surface area contributed by atoms with E-state index in [4.69, 9.17) is 14.2 Å². The fraction of sp³-hybridized carbons (Fsp3) is 0.200. The number of aromatic hydroxyl groups is 6. The summed E-state index contributed by atoms with van der Waals surface area (Å²) < 4.78 is 18.8. The molecule has 4 aromatic carbocycles. The number of phenols is 6. The molecule has 0 saturated heterocycles. The van der Waals surface area contributed by atoms with E-state index in [-0.39, 0.29) is 69.1 Å². The molecule has 8 N–H and O–H groups in total. The largest absolute Gasteiger partial charge is 0.508 e. The van der Waals surface area contributed by atoms with Crippen LogP contribution in [0.15, 0.2) is 60.7 Å². The molecule has 0 unspecified atom stereocenters. The van der Waals surface area contributed by atoms with Gasteiger partial charge in [0.1, 0.15) is 52.5 Å². The maximum Gasteiger partial charge on any atom is 0.305 e. The first-order chi connectivity index (χ1) is 19.6. The molecular weight excluding hydrogens is 536 g/mol. The Balaban J connectivity index is 1.47. The molecule has 0 amide bonds. The van der Waals surface area contributed by atoms with Crippen LogP contribution in [-0.2, 0) is 12.2 Å². The van der Waals surface area contributed by atoms with Crippen molar-refractivity contribution < 1.29 is 55.1 Å². The molecule has 0 fully saturated rings. The van der Waals surface area contributed by atoms with E-state index in [2.05, 4.69) is 0 Å². The maximum atomic E-state index is 11.9. The topological polar surface area (TPSA) is 190 Å². The average Bonchev–Trinajstić information content (AvgIpc) is 2.91. The number of hydrogen-bond donors (Lipinski definition) is 8. The first-order valence-corrected chi connectivity index (χ1v) is 12.7. The molecular formula is C30H24O11. The molecule has 11 heteroatoms. The van der Waals surface area contributed by atoms with Gasteiger partial charge in [-0.25, -0.2) is 0 Å². The summed E-state index contributed by atoms with van der Waals surface area (Å²) in [5, 5.41) is 84.8. The quantitative estimate of drug-likeness (QED) is 0.168. The SMILES string of the molecule is Oc1ccc([C@@]23Oc4cc(O)cc(O)c4[C@@H](c4c(cc(O)c5c4O[C@H](c4ccc(O)c(O)c4)[C@H](O)C5)O2)[C@H]3O)cc1. The van der Waals surface area contributed by atoms with Gasteiger partial charge in [0.05, 0.1) is 12.0 Å². The minimum Gasteiger partial charge on any atom is -0.508 e. The summed E-state index contributed by atoms with van der Waals surface area (Å²) in [5.74, 6) is -4.54. The summed E-state index contributed by atoms with van der Waals surface area (Å²) >= 11 is 0. The molecule has 7 rings (SSSR count). The van der Waals surface area contributed by atoms with Gasteiger partial charge in [-0.3, -0.25) is 0 Å². The van der Waals surface area contributed by atoms with Crippen molar-refractivity contribution in [2.45, 2.75) is 36.4 Å². The third kappa shape index (κ3) is 3.52. The van der Waals surface area contributed by atoms with Crippen molar-refractivity contribution in [3.05, 3.63) is 88.5 Å². The third-order valence-corrected chi connectivity index (χ3v) is 7.92. The van der Waals surface area contributed by atoms with Crippen molar-refractivity contribution in [1.82, 2.24) is 0 Å². The van der Waals surface area contributed by atoms with Crippen LogP contribution >= 0.6 is 0 Å². The van der Waals surface area contributed by atoms with Crippen LogP contribution in [0.1, 0.15) is 39.8 Å². The number of benzene rings is 4. The lowest BCUT2D eigenvalue weighted by Crippen LogP contribution is -2.57. The molecule has 0 radical (unpaired) electrons. The zero-order valence-electron chi connectivity index (χ0n) is 21.1. The van der Waals surface area contributed by atoms with Gasteiger partial charge in [-0.2, -0.15) is 0 Å². The van der Waals surface area contributed by atoms with E-state index in [0.29, 0.717) is 11.1 Å². The summed E-state index contributed by atoms with van der Waals surface area (Å²) in [6, 6.07) is 13.4. The van der Waals surface area contributed by atoms with E-state index >= 15 is 0 Å². The third-order valence-electron chi connectivity index (χ3n) is 7.92. The van der Waals surface area contributed by atoms with Crippen molar-refractivity contribution >= 4 is 0 Å². The Bertz CT molecular complexity index is 1720. The van der Waals surface area contributed by atoms with Gasteiger partial charge >= 0.3 is 5.79 Å². The van der Waals surface area contributed by atoms with Crippen LogP contribution in [0.4, 0.5) is 0 Å². The second-order valence-corrected chi connectivity index (χ2v) is 10.4. The van der Waals surface area contributed by atoms with Gasteiger partial charge < -0.3 is 55.1 Å². The first-order valence-electron chi connectivity index (χ1n) is 12.7. The molecule has 0 saturated carbocycles. The fourth-order valence-electron chi connectivity index (χ4n) is 6.04. The molecule has 210 valence electrons. The van der Waals surface area contributed by atoms with Crippen molar-refractivity contribution in [3.63, 3.8) is 0 Å². The summed E-state index contributed by atoms with van der Waals surface area (Å²) in [7, 11) is 0. The predicted octanol–water partition coefficient (Wildman–Crippen LogP) is 3.09. The van der Waals surface area contributed by atoms with Crippen LogP contribution in [0.5, 0.6) is 51.7 Å². The Morgan fingerprint density at radius 1 is 0.659 bits per heavy atom. The number of rotatable bonds is 2. The summed E-state index contributed by atoms with van der Waals surface area (Å²) in [6.07, 6.45) is -3.79. The molecule has 11 nitrogen and oxygen atoms in total. The number of aliphatic hydroxyl groups excluding tert-OH is 2. The van der Waals surface area contributed by atoms with Crippen LogP contribution < -0.4 is 14.2 Å². The van der Waals surface area contributed by atoms with Crippen LogP contribution in [0, 0.1) is 0 Å². The zero-order chi connectivity index (χ0) is 28.8. The van der Waals surface area contributed by atoms with Crippen LogP contribution in [0.2, 0.25) is 0 Å². The molecule has 0 aliphatic carbocycles. The highest BCUT2D eigenvalue weighted by Crippen LogP contribution is 2.62. The van der Waals surface area contributed by atoms with Crippen molar-refractivity contribution in [3.8, 4) is 51.7 Å². The molecule has 3 aliphatic heterocycles. The lowest BCUT2D eigenvalue weighted by molar-refractivity contribution is -0.219. The van der Waals surface area contributed by atoms with Gasteiger partial charge in [0, 0.05) is 46.9 Å². The fourth-order valence-corrected chi connectivity index (χ4v) is 6.04. The summed E-state index contributed by atoms with van der Waals surface area (Å²) in [5.41, 5.74) is 1.26. The van der Waals surface area contributed by atoms with E-state index in [1.54, 1.807) is 0 Å². The average molecular weight is 561 g/mol. The van der Waals surface area contributed by atoms with Crippen molar-refractivity contribution in [1.29, 1.82) is 0 Å². The smallest absolute Gasteiger partial charge is 0.305 e. The van der Waals surface area contributed by atoms with E-state index in [9.17, 15) is 40.9 Å². The van der Waals surface area contributed by atoms with Gasteiger partial charge in [0.15, 0.2) is 11.5 Å². The van der Waals surface area contributed by atoms with Gasteiger partial charge in [-0.15, -0.1) is 0 Å². The van der Waals surface area contributed by atoms with Gasteiger partial charge in [-0.1, -0.05) is 6.07 Å². The van der Waals surface area contributed by atoms with E-state index in [1.165, 1.54) is 54.6 Å². The predicted molar refractivity (Wildman–Crippen MR) is 140 cm³/mol. The summed E-state index contributed by atoms with van der Waals surface area (Å²) in [4.78, 5) is 0. The van der Waals surface area contributed by atoms with E-state index < -0.39 is 35.8 Å². The highest BCUT2D eigenvalue weighted by molar-refractivity contribution is 5.68. The maximum absolute atomic E-state index is 11.9. The number of ether oxygens (including phenoxy) is 3.